The van der Waals surface area contributed by atoms with E-state index in [4.69, 9.17) is 23.1 Å². The topological polar surface area (TPSA) is 123 Å². The predicted octanol–water partition coefficient (Wildman–Crippen LogP) is 1.47. The van der Waals surface area contributed by atoms with Crippen LogP contribution in [0.2, 0.25) is 5.02 Å². The maximum Gasteiger partial charge on any atom is 0.313 e. The van der Waals surface area contributed by atoms with Crippen LogP contribution in [0.15, 0.2) is 47.5 Å². The summed E-state index contributed by atoms with van der Waals surface area (Å²) in [5.74, 6) is -2.63. The fourth-order valence-corrected chi connectivity index (χ4v) is 3.15. The second-order valence-electron chi connectivity index (χ2n) is 6.06. The average molecular weight is 390 g/mol. The summed E-state index contributed by atoms with van der Waals surface area (Å²) in [6, 6.07) is 10.2. The molecule has 3 rings (SSSR count). The second-order valence-corrected chi connectivity index (χ2v) is 6.47. The van der Waals surface area contributed by atoms with Crippen LogP contribution in [-0.4, -0.2) is 23.8 Å². The van der Waals surface area contributed by atoms with Gasteiger partial charge in [0.25, 0.3) is 0 Å². The molecule has 0 saturated carbocycles. The van der Waals surface area contributed by atoms with E-state index >= 15 is 0 Å². The Morgan fingerprint density at radius 3 is 2.59 bits per heavy atom. The summed E-state index contributed by atoms with van der Waals surface area (Å²) in [6.45, 7) is 0. The summed E-state index contributed by atoms with van der Waals surface area (Å²) in [5, 5.41) is 4.89. The molecule has 0 fully saturated rings. The quantitative estimate of drug-likeness (QED) is 0.360. The number of amides is 2. The Hall–Kier alpha value is -3.13. The molecule has 2 amide bonds. The van der Waals surface area contributed by atoms with Crippen molar-refractivity contribution in [1.82, 2.24) is 5.32 Å². The highest BCUT2D eigenvalue weighted by Crippen LogP contribution is 2.33. The number of nitrogens with one attached hydrogen (secondary N) is 2. The standard InChI is InChI=1S/C18H17ClFN5O2/c19-12-6-5-10(8-13(12)20)23-16(26)17(27)25-15-11-4-2-1-3-9(11)7-14(15)24-18(21)22/h1-6,8,14-15H,7H2,(H,23,26)(H,25,27)(H4,21,22,24)/t14-,15+/m1/s1. The number of carbonyl (C=O) groups excluding carboxylic acids is 2. The first-order chi connectivity index (χ1) is 12.8. The van der Waals surface area contributed by atoms with E-state index in [-0.39, 0.29) is 16.7 Å². The third-order valence-corrected chi connectivity index (χ3v) is 4.50. The lowest BCUT2D eigenvalue weighted by molar-refractivity contribution is -0.136. The Morgan fingerprint density at radius 2 is 1.89 bits per heavy atom. The molecule has 0 unspecified atom stereocenters. The molecule has 2 aromatic rings. The van der Waals surface area contributed by atoms with E-state index in [1.54, 1.807) is 0 Å². The monoisotopic (exact) mass is 389 g/mol. The molecule has 2 aromatic carbocycles. The van der Waals surface area contributed by atoms with Crippen molar-refractivity contribution in [3.05, 3.63) is 64.4 Å². The van der Waals surface area contributed by atoms with E-state index < -0.39 is 29.7 Å². The molecule has 0 aliphatic heterocycles. The van der Waals surface area contributed by atoms with Gasteiger partial charge in [-0.15, -0.1) is 0 Å². The normalized spacial score (nSPS) is 17.7. The number of rotatable bonds is 3. The largest absolute Gasteiger partial charge is 0.370 e. The molecule has 140 valence electrons. The lowest BCUT2D eigenvalue weighted by Gasteiger charge is -2.19. The number of benzene rings is 2. The van der Waals surface area contributed by atoms with Gasteiger partial charge in [-0.1, -0.05) is 35.9 Å². The molecule has 1 aliphatic rings. The fraction of sp³-hybridized carbons (Fsp3) is 0.167. The van der Waals surface area contributed by atoms with Gasteiger partial charge in [-0.05, 0) is 35.7 Å². The predicted molar refractivity (Wildman–Crippen MR) is 101 cm³/mol. The Kier molecular flexibility index (Phi) is 5.27. The highest BCUT2D eigenvalue weighted by Gasteiger charge is 2.34. The zero-order chi connectivity index (χ0) is 19.6. The van der Waals surface area contributed by atoms with E-state index in [1.165, 1.54) is 12.1 Å². The van der Waals surface area contributed by atoms with Crippen molar-refractivity contribution in [2.45, 2.75) is 18.5 Å². The molecule has 1 aliphatic carbocycles. The number of aliphatic imine (C=N–C) groups is 1. The highest BCUT2D eigenvalue weighted by atomic mass is 35.5. The maximum atomic E-state index is 13.5. The van der Waals surface area contributed by atoms with Crippen LogP contribution < -0.4 is 22.1 Å². The van der Waals surface area contributed by atoms with Crippen molar-refractivity contribution >= 4 is 35.1 Å². The number of guanidine groups is 1. The van der Waals surface area contributed by atoms with Crippen LogP contribution in [0.25, 0.3) is 0 Å². The van der Waals surface area contributed by atoms with E-state index in [9.17, 15) is 14.0 Å². The van der Waals surface area contributed by atoms with Crippen LogP contribution in [0, 0.1) is 5.82 Å². The summed E-state index contributed by atoms with van der Waals surface area (Å²) in [6.07, 6.45) is 0.531. The molecular formula is C18H17ClFN5O2. The van der Waals surface area contributed by atoms with Crippen LogP contribution in [-0.2, 0) is 16.0 Å². The van der Waals surface area contributed by atoms with Gasteiger partial charge in [0.1, 0.15) is 5.82 Å². The zero-order valence-electron chi connectivity index (χ0n) is 14.1. The van der Waals surface area contributed by atoms with E-state index in [0.29, 0.717) is 6.42 Å². The molecule has 0 heterocycles. The summed E-state index contributed by atoms with van der Waals surface area (Å²) in [4.78, 5) is 28.7. The minimum atomic E-state index is -0.940. The average Bonchev–Trinajstić information content (AvgIpc) is 2.94. The number of nitrogens with zero attached hydrogens (tertiary/aromatic N) is 1. The Morgan fingerprint density at radius 1 is 1.15 bits per heavy atom. The van der Waals surface area contributed by atoms with Crippen LogP contribution in [0.4, 0.5) is 10.1 Å². The Balaban J connectivity index is 1.75. The third-order valence-electron chi connectivity index (χ3n) is 4.19. The minimum Gasteiger partial charge on any atom is -0.370 e. The minimum absolute atomic E-state index is 0.0833. The van der Waals surface area contributed by atoms with Gasteiger partial charge in [0.2, 0.25) is 0 Å². The molecule has 0 bridgehead atoms. The Labute approximate surface area is 159 Å². The van der Waals surface area contributed by atoms with E-state index in [2.05, 4.69) is 15.6 Å². The van der Waals surface area contributed by atoms with Gasteiger partial charge < -0.3 is 22.1 Å². The molecule has 27 heavy (non-hydrogen) atoms. The van der Waals surface area contributed by atoms with Crippen molar-refractivity contribution in [3.8, 4) is 0 Å². The molecule has 2 atom stereocenters. The fourth-order valence-electron chi connectivity index (χ4n) is 3.03. The lowest BCUT2D eigenvalue weighted by Crippen LogP contribution is -2.41. The molecule has 0 saturated heterocycles. The van der Waals surface area contributed by atoms with Gasteiger partial charge in [0.15, 0.2) is 5.96 Å². The number of anilines is 1. The highest BCUT2D eigenvalue weighted by molar-refractivity contribution is 6.39. The smallest absolute Gasteiger partial charge is 0.313 e. The van der Waals surface area contributed by atoms with E-state index in [0.717, 1.165) is 17.2 Å². The number of hydrogen-bond donors (Lipinski definition) is 4. The molecular weight excluding hydrogens is 373 g/mol. The van der Waals surface area contributed by atoms with Crippen molar-refractivity contribution in [3.63, 3.8) is 0 Å². The van der Waals surface area contributed by atoms with E-state index in [1.807, 2.05) is 24.3 Å². The van der Waals surface area contributed by atoms with Crippen LogP contribution >= 0.6 is 11.6 Å². The number of fused-ring (bicyclic) bond motifs is 1. The van der Waals surface area contributed by atoms with Crippen LogP contribution in [0.3, 0.4) is 0 Å². The molecule has 9 heteroatoms. The lowest BCUT2D eigenvalue weighted by atomic mass is 10.1. The summed E-state index contributed by atoms with van der Waals surface area (Å²) < 4.78 is 13.5. The Bertz CT molecular complexity index is 930. The summed E-state index contributed by atoms with van der Waals surface area (Å²) in [7, 11) is 0. The molecule has 7 nitrogen and oxygen atoms in total. The summed E-state index contributed by atoms with van der Waals surface area (Å²) >= 11 is 5.60. The van der Waals surface area contributed by atoms with Gasteiger partial charge in [0.05, 0.1) is 17.1 Å². The number of nitrogens with two attached hydrogens (primary N) is 2. The van der Waals surface area contributed by atoms with Crippen LogP contribution in [0.5, 0.6) is 0 Å². The van der Waals surface area contributed by atoms with Gasteiger partial charge in [-0.25, -0.2) is 9.38 Å². The molecule has 0 spiro atoms. The van der Waals surface area contributed by atoms with Crippen molar-refractivity contribution in [2.24, 2.45) is 16.5 Å². The van der Waals surface area contributed by atoms with Gasteiger partial charge in [0, 0.05) is 5.69 Å². The first kappa shape index (κ1) is 18.7. The SMILES string of the molecule is NC(N)=N[C@@H]1Cc2ccccc2[C@@H]1NC(=O)C(=O)Nc1ccc(Cl)c(F)c1. The van der Waals surface area contributed by atoms with Gasteiger partial charge in [-0.3, -0.25) is 9.59 Å². The van der Waals surface area contributed by atoms with Crippen LogP contribution in [0.1, 0.15) is 17.2 Å². The number of halogens is 2. The second kappa shape index (κ2) is 7.63. The number of hydrogen-bond acceptors (Lipinski definition) is 3. The van der Waals surface area contributed by atoms with Gasteiger partial charge >= 0.3 is 11.8 Å². The first-order valence-corrected chi connectivity index (χ1v) is 8.46. The molecule has 0 aromatic heterocycles. The number of carbonyl (C=O) groups is 2. The van der Waals surface area contributed by atoms with Crippen molar-refractivity contribution < 1.29 is 14.0 Å². The third kappa shape index (κ3) is 4.17. The molecule has 6 N–H and O–H groups in total. The van der Waals surface area contributed by atoms with Gasteiger partial charge in [-0.2, -0.15) is 0 Å². The first-order valence-electron chi connectivity index (χ1n) is 8.08. The van der Waals surface area contributed by atoms with Crippen molar-refractivity contribution in [2.75, 3.05) is 5.32 Å². The molecule has 0 radical (unpaired) electrons. The maximum absolute atomic E-state index is 13.5. The van der Waals surface area contributed by atoms with Crippen molar-refractivity contribution in [1.29, 1.82) is 0 Å². The summed E-state index contributed by atoms with van der Waals surface area (Å²) in [5.41, 5.74) is 12.9. The zero-order valence-corrected chi connectivity index (χ0v) is 14.8.